The maximum atomic E-state index is 12.6. The highest BCUT2D eigenvalue weighted by atomic mass is 16.5. The summed E-state index contributed by atoms with van der Waals surface area (Å²) in [6.07, 6.45) is 16.7. The Morgan fingerprint density at radius 2 is 1.94 bits per heavy atom. The van der Waals surface area contributed by atoms with Crippen molar-refractivity contribution >= 4 is 11.9 Å². The van der Waals surface area contributed by atoms with Crippen LogP contribution in [0.4, 0.5) is 0 Å². The first-order chi connectivity index (χ1) is 16.6. The third-order valence-corrected chi connectivity index (χ3v) is 7.97. The van der Waals surface area contributed by atoms with Gasteiger partial charge in [-0.15, -0.1) is 0 Å². The van der Waals surface area contributed by atoms with Crippen LogP contribution < -0.4 is 5.32 Å². The zero-order valence-corrected chi connectivity index (χ0v) is 20.3. The van der Waals surface area contributed by atoms with Gasteiger partial charge in [-0.1, -0.05) is 62.3 Å². The number of carbonyl (C=O) groups excluding carboxylic acids is 1. The zero-order chi connectivity index (χ0) is 23.9. The lowest BCUT2D eigenvalue weighted by Gasteiger charge is -2.30. The van der Waals surface area contributed by atoms with Crippen molar-refractivity contribution < 1.29 is 24.0 Å². The van der Waals surface area contributed by atoms with E-state index in [1.807, 2.05) is 19.1 Å². The lowest BCUT2D eigenvalue weighted by Crippen LogP contribution is -2.36. The molecule has 8 nitrogen and oxygen atoms in total. The number of carbonyl (C=O) groups is 2. The molecule has 0 spiro atoms. The topological polar surface area (TPSA) is 115 Å². The quantitative estimate of drug-likeness (QED) is 0.329. The standard InChI is InChI=1S/C26H39N3O5/c1-2-3-5-13-18(26(31)32)21-19-14-15-20(33-19)22(21)25-28-23(29-34-25)24(30)27-16-9-8-12-17-10-6-4-7-11-17/h2-3,17-22H,4-16H2,1H3,(H,27,30)(H,31,32)/t18-,19+,20-,21?,22+/m0/s1. The summed E-state index contributed by atoms with van der Waals surface area (Å²) in [6, 6.07) is 0. The van der Waals surface area contributed by atoms with Crippen LogP contribution >= 0.6 is 0 Å². The van der Waals surface area contributed by atoms with E-state index < -0.39 is 11.9 Å². The number of unbranched alkanes of at least 4 members (excludes halogenated alkanes) is 1. The summed E-state index contributed by atoms with van der Waals surface area (Å²) in [5, 5.41) is 16.8. The Kier molecular flexibility index (Phi) is 8.75. The van der Waals surface area contributed by atoms with Crippen molar-refractivity contribution in [1.29, 1.82) is 0 Å². The molecule has 2 N–H and O–H groups in total. The predicted molar refractivity (Wildman–Crippen MR) is 126 cm³/mol. The lowest BCUT2D eigenvalue weighted by molar-refractivity contribution is -0.145. The summed E-state index contributed by atoms with van der Waals surface area (Å²) >= 11 is 0. The Morgan fingerprint density at radius 3 is 2.71 bits per heavy atom. The lowest BCUT2D eigenvalue weighted by atomic mass is 9.71. The fourth-order valence-electron chi connectivity index (χ4n) is 6.25. The van der Waals surface area contributed by atoms with Crippen molar-refractivity contribution in [3.05, 3.63) is 23.9 Å². The molecule has 0 radical (unpaired) electrons. The number of hydrogen-bond acceptors (Lipinski definition) is 6. The molecule has 34 heavy (non-hydrogen) atoms. The molecular weight excluding hydrogens is 434 g/mol. The number of amides is 1. The number of aliphatic carboxylic acids is 1. The number of fused-ring (bicyclic) bond motifs is 2. The first-order valence-corrected chi connectivity index (χ1v) is 13.2. The summed E-state index contributed by atoms with van der Waals surface area (Å²) in [6.45, 7) is 2.53. The molecule has 1 unspecified atom stereocenters. The van der Waals surface area contributed by atoms with Gasteiger partial charge in [0.05, 0.1) is 24.0 Å². The number of hydrogen-bond donors (Lipinski definition) is 2. The third kappa shape index (κ3) is 5.88. The Bertz CT molecular complexity index is 847. The maximum absolute atomic E-state index is 12.6. The van der Waals surface area contributed by atoms with Gasteiger partial charge in [0.2, 0.25) is 5.89 Å². The van der Waals surface area contributed by atoms with Crippen LogP contribution in [0.3, 0.4) is 0 Å². The molecular formula is C26H39N3O5. The SMILES string of the molecule is CC=CCC[C@H](C(=O)O)C1[C@H]2CC[C@H](O2)[C@H]1c1nc(C(=O)NCCCCC2CCCCC2)no1. The number of nitrogens with one attached hydrogen (secondary N) is 1. The molecule has 0 aromatic carbocycles. The first-order valence-electron chi connectivity index (χ1n) is 13.2. The molecule has 1 aromatic heterocycles. The molecule has 2 bridgehead atoms. The largest absolute Gasteiger partial charge is 0.481 e. The van der Waals surface area contributed by atoms with Crippen LogP contribution in [-0.2, 0) is 9.53 Å². The summed E-state index contributed by atoms with van der Waals surface area (Å²) in [7, 11) is 0. The van der Waals surface area contributed by atoms with E-state index in [2.05, 4.69) is 15.5 Å². The predicted octanol–water partition coefficient (Wildman–Crippen LogP) is 4.87. The molecule has 1 amide bonds. The van der Waals surface area contributed by atoms with Crippen molar-refractivity contribution in [3.8, 4) is 0 Å². The fraction of sp³-hybridized carbons (Fsp3) is 0.769. The minimum absolute atomic E-state index is 0.0181. The van der Waals surface area contributed by atoms with Crippen molar-refractivity contribution in [2.24, 2.45) is 17.8 Å². The minimum Gasteiger partial charge on any atom is -0.481 e. The van der Waals surface area contributed by atoms with Crippen LogP contribution in [0.5, 0.6) is 0 Å². The Labute approximate surface area is 201 Å². The number of allylic oxidation sites excluding steroid dienone is 2. The van der Waals surface area contributed by atoms with Gasteiger partial charge in [-0.25, -0.2) is 0 Å². The van der Waals surface area contributed by atoms with Crippen molar-refractivity contribution in [1.82, 2.24) is 15.5 Å². The van der Waals surface area contributed by atoms with E-state index in [1.54, 1.807) is 0 Å². The molecule has 188 valence electrons. The van der Waals surface area contributed by atoms with Crippen LogP contribution in [-0.4, -0.2) is 45.9 Å². The number of ether oxygens (including phenoxy) is 1. The highest BCUT2D eigenvalue weighted by Gasteiger charge is 2.56. The molecule has 5 atom stereocenters. The molecule has 3 heterocycles. The number of carboxylic acid groups (broad SMARTS) is 1. The molecule has 3 aliphatic rings. The molecule has 1 aromatic rings. The van der Waals surface area contributed by atoms with Crippen molar-refractivity contribution in [3.63, 3.8) is 0 Å². The van der Waals surface area contributed by atoms with E-state index in [-0.39, 0.29) is 35.8 Å². The van der Waals surface area contributed by atoms with E-state index in [1.165, 1.54) is 38.5 Å². The summed E-state index contributed by atoms with van der Waals surface area (Å²) in [5.74, 6) is -1.01. The Balaban J connectivity index is 1.32. The molecule has 8 heteroatoms. The molecule has 1 saturated carbocycles. The van der Waals surface area contributed by atoms with Gasteiger partial charge in [0.1, 0.15) is 0 Å². The van der Waals surface area contributed by atoms with Crippen molar-refractivity contribution in [2.45, 2.75) is 102 Å². The molecule has 2 aliphatic heterocycles. The van der Waals surface area contributed by atoms with E-state index >= 15 is 0 Å². The monoisotopic (exact) mass is 473 g/mol. The Morgan fingerprint density at radius 1 is 1.15 bits per heavy atom. The van der Waals surface area contributed by atoms with E-state index in [4.69, 9.17) is 9.26 Å². The smallest absolute Gasteiger partial charge is 0.306 e. The molecule has 3 fully saturated rings. The number of aromatic nitrogens is 2. The number of carboxylic acids is 1. The van der Waals surface area contributed by atoms with Gasteiger partial charge >= 0.3 is 5.97 Å². The highest BCUT2D eigenvalue weighted by Crippen LogP contribution is 2.52. The number of nitrogens with zero attached hydrogens (tertiary/aromatic N) is 2. The van der Waals surface area contributed by atoms with Gasteiger partial charge in [0, 0.05) is 12.5 Å². The van der Waals surface area contributed by atoms with E-state index in [9.17, 15) is 14.7 Å². The fourth-order valence-corrected chi connectivity index (χ4v) is 6.25. The average molecular weight is 474 g/mol. The van der Waals surface area contributed by atoms with Gasteiger partial charge in [-0.3, -0.25) is 9.59 Å². The minimum atomic E-state index is -0.818. The summed E-state index contributed by atoms with van der Waals surface area (Å²) < 4.78 is 11.6. The highest BCUT2D eigenvalue weighted by molar-refractivity contribution is 5.90. The first kappa shape index (κ1) is 24.9. The van der Waals surface area contributed by atoms with Crippen LogP contribution in [0.2, 0.25) is 0 Å². The van der Waals surface area contributed by atoms with Gasteiger partial charge in [-0.2, -0.15) is 4.98 Å². The van der Waals surface area contributed by atoms with Crippen molar-refractivity contribution in [2.75, 3.05) is 6.54 Å². The van der Waals surface area contributed by atoms with Crippen LogP contribution in [0, 0.1) is 17.8 Å². The van der Waals surface area contributed by atoms with Gasteiger partial charge in [0.25, 0.3) is 11.7 Å². The van der Waals surface area contributed by atoms with E-state index in [0.717, 1.165) is 31.6 Å². The average Bonchev–Trinajstić information content (AvgIpc) is 3.58. The van der Waals surface area contributed by atoms with Crippen LogP contribution in [0.15, 0.2) is 16.7 Å². The molecule has 1 aliphatic carbocycles. The van der Waals surface area contributed by atoms with Crippen LogP contribution in [0.1, 0.15) is 106 Å². The van der Waals surface area contributed by atoms with Gasteiger partial charge in [0.15, 0.2) is 0 Å². The second-order valence-electron chi connectivity index (χ2n) is 10.2. The summed E-state index contributed by atoms with van der Waals surface area (Å²) in [5.41, 5.74) is 0. The normalized spacial score (nSPS) is 27.9. The Hall–Kier alpha value is -2.22. The number of rotatable bonds is 12. The van der Waals surface area contributed by atoms with E-state index in [0.29, 0.717) is 25.3 Å². The molecule has 2 saturated heterocycles. The zero-order valence-electron chi connectivity index (χ0n) is 20.3. The second-order valence-corrected chi connectivity index (χ2v) is 10.2. The second kappa shape index (κ2) is 12.0. The van der Waals surface area contributed by atoms with Crippen LogP contribution in [0.25, 0.3) is 0 Å². The van der Waals surface area contributed by atoms with Gasteiger partial charge in [-0.05, 0) is 44.9 Å². The summed E-state index contributed by atoms with van der Waals surface area (Å²) in [4.78, 5) is 29.1. The maximum Gasteiger partial charge on any atom is 0.306 e. The van der Waals surface area contributed by atoms with Gasteiger partial charge < -0.3 is 19.7 Å². The molecule has 4 rings (SSSR count). The third-order valence-electron chi connectivity index (χ3n) is 7.97.